The molecule has 0 unspecified atom stereocenters. The van der Waals surface area contributed by atoms with Gasteiger partial charge in [0.1, 0.15) is 11.2 Å². The fourth-order valence-corrected chi connectivity index (χ4v) is 8.62. The van der Waals surface area contributed by atoms with Crippen LogP contribution < -0.4 is 4.90 Å². The molecule has 0 amide bonds. The molecule has 0 atom stereocenters. The minimum Gasteiger partial charge on any atom is -0.456 e. The lowest BCUT2D eigenvalue weighted by Gasteiger charge is -2.28. The Morgan fingerprint density at radius 3 is 2.02 bits per heavy atom. The van der Waals surface area contributed by atoms with Crippen LogP contribution >= 0.6 is 0 Å². The van der Waals surface area contributed by atoms with Crippen LogP contribution in [0.15, 0.2) is 186 Å². The molecule has 9 aromatic carbocycles. The number of hydrogen-bond acceptors (Lipinski definition) is 2. The molecule has 11 rings (SSSR count). The first-order valence-electron chi connectivity index (χ1n) is 18.8. The van der Waals surface area contributed by atoms with E-state index in [0.29, 0.717) is 0 Å². The molecule has 2 heteroatoms. The van der Waals surface area contributed by atoms with E-state index in [2.05, 4.69) is 193 Å². The molecule has 1 aromatic heterocycles. The predicted molar refractivity (Wildman–Crippen MR) is 229 cm³/mol. The zero-order valence-electron chi connectivity index (χ0n) is 29.7. The molecule has 2 nitrogen and oxygen atoms in total. The van der Waals surface area contributed by atoms with E-state index in [1.807, 2.05) is 0 Å². The van der Waals surface area contributed by atoms with Crippen molar-refractivity contribution in [2.45, 2.75) is 12.8 Å². The summed E-state index contributed by atoms with van der Waals surface area (Å²) in [4.78, 5) is 2.41. The van der Waals surface area contributed by atoms with Crippen molar-refractivity contribution in [1.82, 2.24) is 0 Å². The number of rotatable bonds is 5. The summed E-state index contributed by atoms with van der Waals surface area (Å²) in [7, 11) is 0. The van der Waals surface area contributed by atoms with Crippen molar-refractivity contribution in [3.8, 4) is 22.3 Å². The van der Waals surface area contributed by atoms with Gasteiger partial charge < -0.3 is 9.32 Å². The van der Waals surface area contributed by atoms with Gasteiger partial charge >= 0.3 is 0 Å². The summed E-state index contributed by atoms with van der Waals surface area (Å²) in [5, 5.41) is 9.80. The molecular formula is C52H35NO. The number of hydrogen-bond donors (Lipinski definition) is 0. The first-order chi connectivity index (χ1) is 26.7. The van der Waals surface area contributed by atoms with E-state index in [-0.39, 0.29) is 0 Å². The van der Waals surface area contributed by atoms with Gasteiger partial charge in [-0.1, -0.05) is 133 Å². The highest BCUT2D eigenvalue weighted by atomic mass is 16.3. The van der Waals surface area contributed by atoms with Crippen LogP contribution in [0, 0.1) is 0 Å². The average molecular weight is 690 g/mol. The Labute approximate surface area is 313 Å². The Bertz CT molecular complexity index is 3100. The maximum Gasteiger partial charge on any atom is 0.135 e. The fraction of sp³-hybridized carbons (Fsp3) is 0.0385. The zero-order chi connectivity index (χ0) is 35.6. The summed E-state index contributed by atoms with van der Waals surface area (Å²) in [6, 6.07) is 64.3. The summed E-state index contributed by atoms with van der Waals surface area (Å²) in [6.45, 7) is 0. The van der Waals surface area contributed by atoms with E-state index in [1.54, 1.807) is 0 Å². The van der Waals surface area contributed by atoms with Crippen LogP contribution in [-0.2, 0) is 6.42 Å². The van der Waals surface area contributed by atoms with Gasteiger partial charge in [0.2, 0.25) is 0 Å². The Morgan fingerprint density at radius 2 is 1.11 bits per heavy atom. The van der Waals surface area contributed by atoms with Crippen LogP contribution in [0.1, 0.15) is 17.5 Å². The van der Waals surface area contributed by atoms with Gasteiger partial charge in [-0.25, -0.2) is 0 Å². The first kappa shape index (κ1) is 30.7. The molecule has 10 aromatic rings. The third-order valence-corrected chi connectivity index (χ3v) is 11.3. The maximum atomic E-state index is 6.44. The topological polar surface area (TPSA) is 16.4 Å². The van der Waals surface area contributed by atoms with Gasteiger partial charge in [-0.15, -0.1) is 0 Å². The Hall–Kier alpha value is -6.90. The highest BCUT2D eigenvalue weighted by molar-refractivity contribution is 6.10. The van der Waals surface area contributed by atoms with Crippen LogP contribution in [0.4, 0.5) is 17.1 Å². The molecule has 0 saturated heterocycles. The second kappa shape index (κ2) is 12.4. The Balaban J connectivity index is 1.09. The van der Waals surface area contributed by atoms with Crippen molar-refractivity contribution in [1.29, 1.82) is 0 Å². The number of benzene rings is 9. The molecule has 54 heavy (non-hydrogen) atoms. The number of fused-ring (bicyclic) bond motifs is 8. The molecule has 0 spiro atoms. The van der Waals surface area contributed by atoms with E-state index in [1.165, 1.54) is 54.6 Å². The van der Waals surface area contributed by atoms with Crippen LogP contribution in [0.3, 0.4) is 0 Å². The van der Waals surface area contributed by atoms with Gasteiger partial charge in [0.05, 0.1) is 5.69 Å². The van der Waals surface area contributed by atoms with Crippen molar-refractivity contribution in [2.24, 2.45) is 0 Å². The molecule has 0 radical (unpaired) electrons. The number of furan rings is 1. The van der Waals surface area contributed by atoms with Crippen molar-refractivity contribution >= 4 is 77.4 Å². The van der Waals surface area contributed by atoms with Crippen LogP contribution in [0.2, 0.25) is 0 Å². The lowest BCUT2D eigenvalue weighted by atomic mass is 9.94. The van der Waals surface area contributed by atoms with Crippen LogP contribution in [0.5, 0.6) is 0 Å². The zero-order valence-corrected chi connectivity index (χ0v) is 29.7. The number of para-hydroxylation sites is 1. The second-order valence-electron chi connectivity index (χ2n) is 14.4. The predicted octanol–water partition coefficient (Wildman–Crippen LogP) is 14.8. The lowest BCUT2D eigenvalue weighted by molar-refractivity contribution is 0.668. The fourth-order valence-electron chi connectivity index (χ4n) is 8.62. The molecule has 0 bridgehead atoms. The van der Waals surface area contributed by atoms with Gasteiger partial charge in [0.25, 0.3) is 0 Å². The average Bonchev–Trinajstić information content (AvgIpc) is 3.59. The highest BCUT2D eigenvalue weighted by Crippen LogP contribution is 2.44. The molecule has 0 saturated carbocycles. The van der Waals surface area contributed by atoms with E-state index in [4.69, 9.17) is 4.42 Å². The van der Waals surface area contributed by atoms with Crippen molar-refractivity contribution in [3.05, 3.63) is 193 Å². The van der Waals surface area contributed by atoms with Gasteiger partial charge in [0, 0.05) is 27.7 Å². The highest BCUT2D eigenvalue weighted by Gasteiger charge is 2.20. The van der Waals surface area contributed by atoms with E-state index >= 15 is 0 Å². The second-order valence-corrected chi connectivity index (χ2v) is 14.4. The smallest absolute Gasteiger partial charge is 0.135 e. The van der Waals surface area contributed by atoms with Gasteiger partial charge in [-0.2, -0.15) is 0 Å². The summed E-state index contributed by atoms with van der Waals surface area (Å²) in [5.41, 5.74) is 12.6. The first-order valence-corrected chi connectivity index (χ1v) is 18.8. The largest absolute Gasteiger partial charge is 0.456 e. The third kappa shape index (κ3) is 5.03. The summed E-state index contributed by atoms with van der Waals surface area (Å²) < 4.78 is 6.44. The van der Waals surface area contributed by atoms with Gasteiger partial charge in [-0.3, -0.25) is 0 Å². The quantitative estimate of drug-likeness (QED) is 0.167. The summed E-state index contributed by atoms with van der Waals surface area (Å²) >= 11 is 0. The van der Waals surface area contributed by atoms with Crippen LogP contribution in [0.25, 0.3) is 82.6 Å². The molecule has 1 aliphatic carbocycles. The molecule has 254 valence electrons. The van der Waals surface area contributed by atoms with Crippen molar-refractivity contribution in [2.75, 3.05) is 4.90 Å². The summed E-state index contributed by atoms with van der Waals surface area (Å²) in [5.74, 6) is 0. The Morgan fingerprint density at radius 1 is 0.426 bits per heavy atom. The number of allylic oxidation sites excluding steroid dienone is 1. The van der Waals surface area contributed by atoms with Crippen molar-refractivity contribution in [3.63, 3.8) is 0 Å². The van der Waals surface area contributed by atoms with E-state index < -0.39 is 0 Å². The number of aryl methyl sites for hydroxylation is 1. The molecular weight excluding hydrogens is 655 g/mol. The lowest BCUT2D eigenvalue weighted by Crippen LogP contribution is -2.11. The minimum absolute atomic E-state index is 0.917. The maximum absolute atomic E-state index is 6.44. The standard InChI is InChI=1S/C52H35NO/c1-2-13-38-33-52-49(31-37(38)12-1)48-32-40(24-29-51(48)54-52)47-17-7-8-19-50(47)53(42-27-28-46-39(30-42)21-20-35-11-4-6-16-44(35)46)41-25-22-36(23-26-41)45-18-9-14-34-10-3-5-15-43(34)45/h1,3-12,14-33H,2,13H2. The Kier molecular flexibility index (Phi) is 7.03. The normalized spacial score (nSPS) is 12.6. The molecule has 0 fully saturated rings. The van der Waals surface area contributed by atoms with E-state index in [0.717, 1.165) is 63.0 Å². The molecule has 1 heterocycles. The van der Waals surface area contributed by atoms with Gasteiger partial charge in [0.15, 0.2) is 0 Å². The SMILES string of the molecule is C1=Cc2cc3c(cc2CC1)oc1ccc(-c2ccccc2N(c2ccc(-c4cccc5ccccc45)cc2)c2ccc4c(ccc5ccccc54)c2)cc13. The molecule has 1 aliphatic rings. The monoisotopic (exact) mass is 689 g/mol. The molecule has 0 N–H and O–H groups in total. The van der Waals surface area contributed by atoms with Crippen molar-refractivity contribution < 1.29 is 4.42 Å². The van der Waals surface area contributed by atoms with Crippen LogP contribution in [-0.4, -0.2) is 0 Å². The number of nitrogens with zero attached hydrogens (tertiary/aromatic N) is 1. The number of anilines is 3. The minimum atomic E-state index is 0.917. The summed E-state index contributed by atoms with van der Waals surface area (Å²) in [6.07, 6.45) is 6.67. The van der Waals surface area contributed by atoms with Gasteiger partial charge in [-0.05, 0) is 128 Å². The van der Waals surface area contributed by atoms with E-state index in [9.17, 15) is 0 Å². The molecule has 0 aliphatic heterocycles. The third-order valence-electron chi connectivity index (χ3n) is 11.3.